The van der Waals surface area contributed by atoms with Gasteiger partial charge in [-0.1, -0.05) is 49.4 Å². The molecule has 3 heterocycles. The molecule has 0 saturated carbocycles. The lowest BCUT2D eigenvalue weighted by molar-refractivity contribution is 0.259. The Morgan fingerprint density at radius 2 is 1.84 bits per heavy atom. The quantitative estimate of drug-likeness (QED) is 0.356. The van der Waals surface area contributed by atoms with Gasteiger partial charge < -0.3 is 10.1 Å². The Labute approximate surface area is 218 Å². The molecule has 2 aromatic carbocycles. The highest BCUT2D eigenvalue weighted by Gasteiger charge is 2.22. The molecule has 2 aromatic heterocycles. The van der Waals surface area contributed by atoms with E-state index in [-0.39, 0.29) is 12.2 Å². The standard InChI is InChI=1S/C30H35N5O2/c1-3-35-17-7-10-24(35)19-31-20-27-29-26(15-16-32-27)30(36)34(2)28(33-29)21-37-25-13-11-23(12-14-25)18-22-8-5-4-6-9-22/h4-6,8-9,11-16,24,31H,3,7,10,17-21H2,1-2H3/t24-/m1/s1. The van der Waals surface area contributed by atoms with Crippen molar-refractivity contribution in [3.63, 3.8) is 0 Å². The van der Waals surface area contributed by atoms with Crippen molar-refractivity contribution in [1.29, 1.82) is 0 Å². The molecule has 1 N–H and O–H groups in total. The Morgan fingerprint density at radius 3 is 2.62 bits per heavy atom. The monoisotopic (exact) mass is 497 g/mol. The predicted octanol–water partition coefficient (Wildman–Crippen LogP) is 4.07. The second-order valence-corrected chi connectivity index (χ2v) is 9.70. The maximum absolute atomic E-state index is 13.1. The van der Waals surface area contributed by atoms with Crippen LogP contribution in [0, 0.1) is 0 Å². The summed E-state index contributed by atoms with van der Waals surface area (Å²) in [7, 11) is 1.74. The molecule has 0 spiro atoms. The van der Waals surface area contributed by atoms with Crippen LogP contribution in [-0.4, -0.2) is 45.1 Å². The van der Waals surface area contributed by atoms with Crippen LogP contribution in [0.15, 0.2) is 71.7 Å². The van der Waals surface area contributed by atoms with Gasteiger partial charge in [-0.15, -0.1) is 0 Å². The van der Waals surface area contributed by atoms with Gasteiger partial charge in [-0.25, -0.2) is 4.98 Å². The number of nitrogens with zero attached hydrogens (tertiary/aromatic N) is 4. The van der Waals surface area contributed by atoms with Gasteiger partial charge in [0.05, 0.1) is 11.1 Å². The minimum atomic E-state index is -0.0848. The molecular weight excluding hydrogens is 462 g/mol. The van der Waals surface area contributed by atoms with Crippen molar-refractivity contribution in [2.24, 2.45) is 7.05 Å². The summed E-state index contributed by atoms with van der Waals surface area (Å²) in [6.45, 7) is 6.16. The van der Waals surface area contributed by atoms with Gasteiger partial charge in [-0.3, -0.25) is 19.2 Å². The van der Waals surface area contributed by atoms with Crippen LogP contribution in [0.5, 0.6) is 5.75 Å². The Hall–Kier alpha value is -3.55. The van der Waals surface area contributed by atoms with Crippen molar-refractivity contribution >= 4 is 10.9 Å². The summed E-state index contributed by atoms with van der Waals surface area (Å²) >= 11 is 0. The van der Waals surface area contributed by atoms with Gasteiger partial charge in [0.25, 0.3) is 5.56 Å². The second-order valence-electron chi connectivity index (χ2n) is 9.70. The predicted molar refractivity (Wildman–Crippen MR) is 147 cm³/mol. The van der Waals surface area contributed by atoms with Crippen LogP contribution >= 0.6 is 0 Å². The molecular formula is C30H35N5O2. The van der Waals surface area contributed by atoms with Gasteiger partial charge in [-0.05, 0) is 61.7 Å². The highest BCUT2D eigenvalue weighted by Crippen LogP contribution is 2.18. The number of nitrogens with one attached hydrogen (secondary N) is 1. The van der Waals surface area contributed by atoms with E-state index in [1.807, 2.05) is 18.2 Å². The number of likely N-dealkylation sites (N-methyl/N-ethyl adjacent to an activating group) is 1. The van der Waals surface area contributed by atoms with Crippen molar-refractivity contribution in [3.8, 4) is 5.75 Å². The lowest BCUT2D eigenvalue weighted by atomic mass is 10.1. The van der Waals surface area contributed by atoms with Crippen LogP contribution in [0.3, 0.4) is 0 Å². The Kier molecular flexibility index (Phi) is 7.92. The zero-order valence-corrected chi connectivity index (χ0v) is 21.7. The molecule has 0 aliphatic carbocycles. The number of benzene rings is 2. The molecule has 5 rings (SSSR count). The average molecular weight is 498 g/mol. The molecule has 7 heteroatoms. The van der Waals surface area contributed by atoms with E-state index in [1.54, 1.807) is 23.9 Å². The molecule has 0 amide bonds. The summed E-state index contributed by atoms with van der Waals surface area (Å²) in [6.07, 6.45) is 5.05. The summed E-state index contributed by atoms with van der Waals surface area (Å²) in [5.41, 5.74) is 3.85. The summed E-state index contributed by atoms with van der Waals surface area (Å²) in [6, 6.07) is 20.8. The molecule has 192 valence electrons. The number of hydrogen-bond donors (Lipinski definition) is 1. The van der Waals surface area contributed by atoms with E-state index in [9.17, 15) is 4.79 Å². The average Bonchev–Trinajstić information content (AvgIpc) is 3.39. The topological polar surface area (TPSA) is 72.3 Å². The minimum Gasteiger partial charge on any atom is -0.486 e. The maximum atomic E-state index is 13.1. The number of fused-ring (bicyclic) bond motifs is 1. The third kappa shape index (κ3) is 5.89. The van der Waals surface area contributed by atoms with Crippen molar-refractivity contribution < 1.29 is 4.74 Å². The molecule has 1 atom stereocenters. The van der Waals surface area contributed by atoms with Gasteiger partial charge in [0, 0.05) is 32.4 Å². The van der Waals surface area contributed by atoms with Crippen LogP contribution in [0.1, 0.15) is 42.4 Å². The molecule has 37 heavy (non-hydrogen) atoms. The Bertz CT molecular complexity index is 1390. The third-order valence-corrected chi connectivity index (χ3v) is 7.28. The molecule has 7 nitrogen and oxygen atoms in total. The van der Waals surface area contributed by atoms with Crippen LogP contribution in [0.4, 0.5) is 0 Å². The molecule has 0 bridgehead atoms. The van der Waals surface area contributed by atoms with Crippen LogP contribution < -0.4 is 15.6 Å². The van der Waals surface area contributed by atoms with Crippen LogP contribution in [-0.2, 0) is 26.6 Å². The fraction of sp³-hybridized carbons (Fsp3) is 0.367. The van der Waals surface area contributed by atoms with Gasteiger partial charge in [0.1, 0.15) is 23.7 Å². The van der Waals surface area contributed by atoms with Crippen LogP contribution in [0.25, 0.3) is 10.9 Å². The molecule has 0 radical (unpaired) electrons. The summed E-state index contributed by atoms with van der Waals surface area (Å²) in [5, 5.41) is 4.13. The zero-order chi connectivity index (χ0) is 25.6. The highest BCUT2D eigenvalue weighted by molar-refractivity contribution is 5.79. The maximum Gasteiger partial charge on any atom is 0.261 e. The van der Waals surface area contributed by atoms with E-state index >= 15 is 0 Å². The SMILES string of the molecule is CCN1CCC[C@@H]1CNCc1nccc2c(=O)n(C)c(COc3ccc(Cc4ccccc4)cc3)nc12. The molecule has 0 unspecified atom stereocenters. The first-order valence-corrected chi connectivity index (χ1v) is 13.2. The fourth-order valence-corrected chi connectivity index (χ4v) is 5.14. The highest BCUT2D eigenvalue weighted by atomic mass is 16.5. The molecule has 1 fully saturated rings. The number of hydrogen-bond acceptors (Lipinski definition) is 6. The van der Waals surface area contributed by atoms with Gasteiger partial charge >= 0.3 is 0 Å². The number of likely N-dealkylation sites (tertiary alicyclic amines) is 1. The number of rotatable bonds is 10. The molecule has 1 aliphatic heterocycles. The number of aromatic nitrogens is 3. The summed E-state index contributed by atoms with van der Waals surface area (Å²) in [5.74, 6) is 1.32. The molecule has 4 aromatic rings. The molecule has 1 aliphatic rings. The first-order chi connectivity index (χ1) is 18.1. The largest absolute Gasteiger partial charge is 0.486 e. The fourth-order valence-electron chi connectivity index (χ4n) is 5.14. The van der Waals surface area contributed by atoms with Gasteiger partial charge in [0.2, 0.25) is 0 Å². The smallest absolute Gasteiger partial charge is 0.261 e. The lowest BCUT2D eigenvalue weighted by Gasteiger charge is -2.23. The van der Waals surface area contributed by atoms with E-state index in [0.29, 0.717) is 29.3 Å². The van der Waals surface area contributed by atoms with E-state index in [1.165, 1.54) is 30.5 Å². The number of ether oxygens (including phenoxy) is 1. The first kappa shape index (κ1) is 25.1. The lowest BCUT2D eigenvalue weighted by Crippen LogP contribution is -2.37. The number of pyridine rings is 1. The van der Waals surface area contributed by atoms with Crippen molar-refractivity contribution in [1.82, 2.24) is 24.8 Å². The van der Waals surface area contributed by atoms with Gasteiger partial charge in [-0.2, -0.15) is 0 Å². The third-order valence-electron chi connectivity index (χ3n) is 7.28. The normalized spacial score (nSPS) is 15.9. The Morgan fingerprint density at radius 1 is 1.05 bits per heavy atom. The first-order valence-electron chi connectivity index (χ1n) is 13.2. The van der Waals surface area contributed by atoms with Crippen molar-refractivity contribution in [2.75, 3.05) is 19.6 Å². The van der Waals surface area contributed by atoms with Gasteiger partial charge in [0.15, 0.2) is 0 Å². The van der Waals surface area contributed by atoms with E-state index < -0.39 is 0 Å². The van der Waals surface area contributed by atoms with Crippen LogP contribution in [0.2, 0.25) is 0 Å². The van der Waals surface area contributed by atoms with E-state index in [2.05, 4.69) is 58.5 Å². The minimum absolute atomic E-state index is 0.0848. The van der Waals surface area contributed by atoms with Crippen molar-refractivity contribution in [3.05, 3.63) is 99.9 Å². The van der Waals surface area contributed by atoms with Crippen molar-refractivity contribution in [2.45, 2.75) is 45.4 Å². The van der Waals surface area contributed by atoms with E-state index in [4.69, 9.17) is 9.72 Å². The second kappa shape index (κ2) is 11.7. The molecule has 1 saturated heterocycles. The summed E-state index contributed by atoms with van der Waals surface area (Å²) in [4.78, 5) is 25.0. The summed E-state index contributed by atoms with van der Waals surface area (Å²) < 4.78 is 7.60. The zero-order valence-electron chi connectivity index (χ0n) is 21.7. The van der Waals surface area contributed by atoms with E-state index in [0.717, 1.165) is 31.0 Å². The Balaban J connectivity index is 1.27.